The fourth-order valence-corrected chi connectivity index (χ4v) is 4.20. The van der Waals surface area contributed by atoms with Crippen molar-refractivity contribution >= 4 is 17.4 Å². The molecule has 0 saturated carbocycles. The highest BCUT2D eigenvalue weighted by Crippen LogP contribution is 2.42. The zero-order valence-corrected chi connectivity index (χ0v) is 17.8. The summed E-state index contributed by atoms with van der Waals surface area (Å²) in [6.07, 6.45) is 0. The molecule has 34 heavy (non-hydrogen) atoms. The monoisotopic (exact) mass is 463 g/mol. The van der Waals surface area contributed by atoms with E-state index in [1.165, 1.54) is 59.5 Å². The van der Waals surface area contributed by atoms with Crippen LogP contribution >= 0.6 is 0 Å². The number of amides is 1. The van der Waals surface area contributed by atoms with E-state index in [0.717, 1.165) is 0 Å². The SMILES string of the molecule is O=C1C(=O)N(Cc2ccc(F)cc2)C(c2ccccc2F)/C1=C(\O)c1ccc2c(c1)OCCO2. The first-order valence-corrected chi connectivity index (χ1v) is 10.6. The summed E-state index contributed by atoms with van der Waals surface area (Å²) in [6.45, 7) is 0.635. The first kappa shape index (κ1) is 21.6. The van der Waals surface area contributed by atoms with Gasteiger partial charge in [0.15, 0.2) is 11.5 Å². The molecule has 3 aromatic rings. The number of hydrogen-bond donors (Lipinski definition) is 1. The molecule has 2 heterocycles. The number of hydrogen-bond acceptors (Lipinski definition) is 5. The molecular formula is C26H19F2NO5. The van der Waals surface area contributed by atoms with Crippen LogP contribution in [0.2, 0.25) is 0 Å². The number of carbonyl (C=O) groups is 2. The standard InChI is InChI=1S/C26H19F2NO5/c27-17-8-5-15(6-9-17)14-29-23(18-3-1-2-4-19(18)28)22(25(31)26(29)32)24(30)16-7-10-20-21(13-16)34-12-11-33-20/h1-10,13,23,30H,11-12,14H2/b24-22+. The van der Waals surface area contributed by atoms with Crippen molar-refractivity contribution in [2.24, 2.45) is 0 Å². The Kier molecular flexibility index (Phi) is 5.49. The molecule has 0 spiro atoms. The molecular weight excluding hydrogens is 444 g/mol. The number of carbonyl (C=O) groups excluding carboxylic acids is 2. The van der Waals surface area contributed by atoms with Gasteiger partial charge in [0.25, 0.3) is 11.7 Å². The second-order valence-electron chi connectivity index (χ2n) is 7.93. The highest BCUT2D eigenvalue weighted by Gasteiger charge is 2.47. The minimum absolute atomic E-state index is 0.0582. The summed E-state index contributed by atoms with van der Waals surface area (Å²) in [5.41, 5.74) is 0.589. The molecule has 3 aromatic carbocycles. The molecule has 0 aromatic heterocycles. The number of aliphatic hydroxyl groups excluding tert-OH is 1. The van der Waals surface area contributed by atoms with E-state index in [0.29, 0.717) is 30.3 Å². The average molecular weight is 463 g/mol. The van der Waals surface area contributed by atoms with Crippen LogP contribution in [0.15, 0.2) is 72.3 Å². The van der Waals surface area contributed by atoms with Crippen LogP contribution in [0.3, 0.4) is 0 Å². The minimum atomic E-state index is -1.18. The van der Waals surface area contributed by atoms with Gasteiger partial charge in [-0.15, -0.1) is 0 Å². The predicted octanol–water partition coefficient (Wildman–Crippen LogP) is 4.36. The smallest absolute Gasteiger partial charge is 0.295 e. The summed E-state index contributed by atoms with van der Waals surface area (Å²) >= 11 is 0. The summed E-state index contributed by atoms with van der Waals surface area (Å²) in [4.78, 5) is 27.3. The normalized spacial score (nSPS) is 18.9. The van der Waals surface area contributed by atoms with Gasteiger partial charge in [0.2, 0.25) is 0 Å². The molecule has 1 amide bonds. The zero-order chi connectivity index (χ0) is 23.8. The van der Waals surface area contributed by atoms with Crippen LogP contribution in [0.25, 0.3) is 5.76 Å². The number of aliphatic hydroxyl groups is 1. The summed E-state index contributed by atoms with van der Waals surface area (Å²) in [5.74, 6) is -2.49. The van der Waals surface area contributed by atoms with Gasteiger partial charge in [-0.1, -0.05) is 30.3 Å². The maximum absolute atomic E-state index is 14.9. The molecule has 1 fully saturated rings. The van der Waals surface area contributed by atoms with Crippen molar-refractivity contribution in [3.8, 4) is 11.5 Å². The van der Waals surface area contributed by atoms with E-state index in [2.05, 4.69) is 0 Å². The van der Waals surface area contributed by atoms with Crippen LogP contribution in [-0.4, -0.2) is 34.9 Å². The molecule has 172 valence electrons. The third kappa shape index (κ3) is 3.77. The van der Waals surface area contributed by atoms with Crippen molar-refractivity contribution in [1.29, 1.82) is 0 Å². The molecule has 0 aliphatic carbocycles. The van der Waals surface area contributed by atoms with E-state index in [1.807, 2.05) is 0 Å². The number of nitrogens with zero attached hydrogens (tertiary/aromatic N) is 1. The first-order valence-electron chi connectivity index (χ1n) is 10.6. The molecule has 1 saturated heterocycles. The minimum Gasteiger partial charge on any atom is -0.507 e. The van der Waals surface area contributed by atoms with Crippen LogP contribution in [0.5, 0.6) is 11.5 Å². The molecule has 0 radical (unpaired) electrons. The number of benzene rings is 3. The van der Waals surface area contributed by atoms with Crippen molar-refractivity contribution in [2.45, 2.75) is 12.6 Å². The van der Waals surface area contributed by atoms with Gasteiger partial charge in [-0.05, 0) is 42.0 Å². The van der Waals surface area contributed by atoms with Gasteiger partial charge in [-0.2, -0.15) is 0 Å². The fourth-order valence-electron chi connectivity index (χ4n) is 4.20. The van der Waals surface area contributed by atoms with Gasteiger partial charge < -0.3 is 19.5 Å². The van der Waals surface area contributed by atoms with Crippen molar-refractivity contribution in [3.63, 3.8) is 0 Å². The lowest BCUT2D eigenvalue weighted by Crippen LogP contribution is -2.29. The maximum Gasteiger partial charge on any atom is 0.295 e. The molecule has 2 aliphatic heterocycles. The zero-order valence-electron chi connectivity index (χ0n) is 17.8. The number of ketones is 1. The van der Waals surface area contributed by atoms with Gasteiger partial charge in [0.05, 0.1) is 11.6 Å². The Morgan fingerprint density at radius 3 is 2.38 bits per heavy atom. The Morgan fingerprint density at radius 1 is 0.941 bits per heavy atom. The van der Waals surface area contributed by atoms with Crippen molar-refractivity contribution < 1.29 is 33.0 Å². The molecule has 6 nitrogen and oxygen atoms in total. The highest BCUT2D eigenvalue weighted by atomic mass is 19.1. The molecule has 1 atom stereocenters. The topological polar surface area (TPSA) is 76.1 Å². The summed E-state index contributed by atoms with van der Waals surface area (Å²) in [5, 5.41) is 11.2. The quantitative estimate of drug-likeness (QED) is 0.354. The van der Waals surface area contributed by atoms with Gasteiger partial charge in [0, 0.05) is 17.7 Å². The first-order chi connectivity index (χ1) is 16.4. The van der Waals surface area contributed by atoms with E-state index < -0.39 is 35.1 Å². The molecule has 8 heteroatoms. The van der Waals surface area contributed by atoms with Gasteiger partial charge >= 0.3 is 0 Å². The molecule has 5 rings (SSSR count). The third-order valence-electron chi connectivity index (χ3n) is 5.82. The average Bonchev–Trinajstić information content (AvgIpc) is 3.09. The molecule has 2 aliphatic rings. The van der Waals surface area contributed by atoms with E-state index in [1.54, 1.807) is 12.1 Å². The van der Waals surface area contributed by atoms with E-state index >= 15 is 0 Å². The van der Waals surface area contributed by atoms with Crippen LogP contribution in [0, 0.1) is 11.6 Å². The summed E-state index contributed by atoms with van der Waals surface area (Å²) in [7, 11) is 0. The van der Waals surface area contributed by atoms with Crippen molar-refractivity contribution in [1.82, 2.24) is 4.90 Å². The fraction of sp³-hybridized carbons (Fsp3) is 0.154. The second kappa shape index (κ2) is 8.62. The Balaban J connectivity index is 1.64. The number of halogens is 2. The van der Waals surface area contributed by atoms with Crippen molar-refractivity contribution in [3.05, 3.63) is 101 Å². The third-order valence-corrected chi connectivity index (χ3v) is 5.82. The number of fused-ring (bicyclic) bond motifs is 1. The number of likely N-dealkylation sites (tertiary alicyclic amines) is 1. The lowest BCUT2D eigenvalue weighted by molar-refractivity contribution is -0.140. The Labute approximate surface area is 193 Å². The molecule has 0 bridgehead atoms. The molecule has 1 unspecified atom stereocenters. The van der Waals surface area contributed by atoms with E-state index in [9.17, 15) is 23.5 Å². The second-order valence-corrected chi connectivity index (χ2v) is 7.93. The largest absolute Gasteiger partial charge is 0.507 e. The number of Topliss-reactive ketones (excluding diaryl/α,β-unsaturated/α-hetero) is 1. The van der Waals surface area contributed by atoms with E-state index in [4.69, 9.17) is 9.47 Å². The van der Waals surface area contributed by atoms with Crippen LogP contribution in [0.4, 0.5) is 8.78 Å². The molecule has 1 N–H and O–H groups in total. The lowest BCUT2D eigenvalue weighted by atomic mass is 9.94. The van der Waals surface area contributed by atoms with E-state index in [-0.39, 0.29) is 23.2 Å². The van der Waals surface area contributed by atoms with Gasteiger partial charge in [-0.3, -0.25) is 9.59 Å². The summed E-state index contributed by atoms with van der Waals surface area (Å²) in [6, 6.07) is 14.6. The predicted molar refractivity (Wildman–Crippen MR) is 118 cm³/mol. The Morgan fingerprint density at radius 2 is 1.65 bits per heavy atom. The maximum atomic E-state index is 14.9. The van der Waals surface area contributed by atoms with Crippen LogP contribution < -0.4 is 9.47 Å². The van der Waals surface area contributed by atoms with Gasteiger partial charge in [-0.25, -0.2) is 8.78 Å². The van der Waals surface area contributed by atoms with Gasteiger partial charge in [0.1, 0.15) is 30.6 Å². The Bertz CT molecular complexity index is 1320. The number of rotatable bonds is 4. The highest BCUT2D eigenvalue weighted by molar-refractivity contribution is 6.46. The van der Waals surface area contributed by atoms with Crippen LogP contribution in [0.1, 0.15) is 22.7 Å². The summed E-state index contributed by atoms with van der Waals surface area (Å²) < 4.78 is 39.3. The lowest BCUT2D eigenvalue weighted by Gasteiger charge is -2.26. The Hall–Kier alpha value is -4.20. The van der Waals surface area contributed by atoms with Crippen molar-refractivity contribution in [2.75, 3.05) is 13.2 Å². The van der Waals surface area contributed by atoms with Crippen LogP contribution in [-0.2, 0) is 16.1 Å². The number of ether oxygens (including phenoxy) is 2.